The zero-order chi connectivity index (χ0) is 13.2. The van der Waals surface area contributed by atoms with Crippen molar-refractivity contribution in [3.8, 4) is 0 Å². The molecule has 6 nitrogen and oxygen atoms in total. The lowest BCUT2D eigenvalue weighted by atomic mass is 10.1. The van der Waals surface area contributed by atoms with Gasteiger partial charge in [0.25, 0.3) is 0 Å². The van der Waals surface area contributed by atoms with Gasteiger partial charge >= 0.3 is 0 Å². The van der Waals surface area contributed by atoms with Crippen LogP contribution in [0.15, 0.2) is 0 Å². The minimum Gasteiger partial charge on any atom is -0.342 e. The summed E-state index contributed by atoms with van der Waals surface area (Å²) in [5.41, 5.74) is 5.76. The maximum atomic E-state index is 12.2. The predicted octanol–water partition coefficient (Wildman–Crippen LogP) is -0.784. The van der Waals surface area contributed by atoms with E-state index in [2.05, 4.69) is 0 Å². The van der Waals surface area contributed by atoms with E-state index < -0.39 is 16.1 Å². The molecule has 1 saturated heterocycles. The molecule has 1 aliphatic rings. The standard InChI is InChI=1S/C10H21N3O3S/c1-4-12(5-2)10(14)9-6-8(11)7-13(9)17(3,15)16/h8-9H,4-7,11H2,1-3H3/t8-,9+/m1/s1. The number of sulfonamides is 1. The smallest absolute Gasteiger partial charge is 0.241 e. The summed E-state index contributed by atoms with van der Waals surface area (Å²) in [6.45, 7) is 5.15. The molecule has 100 valence electrons. The van der Waals surface area contributed by atoms with Gasteiger partial charge in [-0.05, 0) is 20.3 Å². The van der Waals surface area contributed by atoms with E-state index >= 15 is 0 Å². The van der Waals surface area contributed by atoms with Crippen molar-refractivity contribution in [3.05, 3.63) is 0 Å². The van der Waals surface area contributed by atoms with Crippen LogP contribution in [0.4, 0.5) is 0 Å². The van der Waals surface area contributed by atoms with Gasteiger partial charge in [-0.2, -0.15) is 4.31 Å². The Labute approximate surface area is 103 Å². The zero-order valence-electron chi connectivity index (χ0n) is 10.6. The molecule has 0 aromatic heterocycles. The molecule has 1 fully saturated rings. The lowest BCUT2D eigenvalue weighted by molar-refractivity contribution is -0.134. The fourth-order valence-corrected chi connectivity index (χ4v) is 3.27. The summed E-state index contributed by atoms with van der Waals surface area (Å²) < 4.78 is 24.4. The number of nitrogens with two attached hydrogens (primary N) is 1. The van der Waals surface area contributed by atoms with E-state index in [0.717, 1.165) is 6.26 Å². The van der Waals surface area contributed by atoms with Crippen molar-refractivity contribution in [2.75, 3.05) is 25.9 Å². The van der Waals surface area contributed by atoms with Gasteiger partial charge in [0, 0.05) is 25.7 Å². The quantitative estimate of drug-likeness (QED) is 0.721. The number of rotatable bonds is 4. The molecular weight excluding hydrogens is 242 g/mol. The zero-order valence-corrected chi connectivity index (χ0v) is 11.4. The van der Waals surface area contributed by atoms with Crippen molar-refractivity contribution < 1.29 is 13.2 Å². The first kappa shape index (κ1) is 14.4. The number of nitrogens with zero attached hydrogens (tertiary/aromatic N) is 2. The van der Waals surface area contributed by atoms with E-state index in [1.54, 1.807) is 4.90 Å². The van der Waals surface area contributed by atoms with Crippen LogP contribution < -0.4 is 5.73 Å². The van der Waals surface area contributed by atoms with Crippen LogP contribution in [0.5, 0.6) is 0 Å². The molecule has 2 N–H and O–H groups in total. The summed E-state index contributed by atoms with van der Waals surface area (Å²) >= 11 is 0. The Balaban J connectivity index is 2.91. The van der Waals surface area contributed by atoms with Crippen molar-refractivity contribution in [3.63, 3.8) is 0 Å². The molecule has 0 unspecified atom stereocenters. The lowest BCUT2D eigenvalue weighted by Gasteiger charge is -2.27. The van der Waals surface area contributed by atoms with E-state index in [-0.39, 0.29) is 18.5 Å². The normalized spacial score (nSPS) is 26.1. The second kappa shape index (κ2) is 5.32. The summed E-state index contributed by atoms with van der Waals surface area (Å²) in [5, 5.41) is 0. The fourth-order valence-electron chi connectivity index (χ4n) is 2.17. The van der Waals surface area contributed by atoms with Crippen LogP contribution in [0.25, 0.3) is 0 Å². The van der Waals surface area contributed by atoms with Crippen molar-refractivity contribution in [1.29, 1.82) is 0 Å². The molecule has 0 saturated carbocycles. The first-order chi connectivity index (χ1) is 7.81. The van der Waals surface area contributed by atoms with E-state index in [9.17, 15) is 13.2 Å². The van der Waals surface area contributed by atoms with E-state index in [1.165, 1.54) is 4.31 Å². The SMILES string of the molecule is CCN(CC)C(=O)[C@@H]1C[C@@H](N)CN1S(C)(=O)=O. The molecule has 0 aliphatic carbocycles. The molecule has 1 amide bonds. The van der Waals surface area contributed by atoms with Gasteiger partial charge in [0.05, 0.1) is 6.26 Å². The number of amides is 1. The predicted molar refractivity (Wildman–Crippen MR) is 65.9 cm³/mol. The Kier molecular flexibility index (Phi) is 4.51. The highest BCUT2D eigenvalue weighted by atomic mass is 32.2. The van der Waals surface area contributed by atoms with Crippen LogP contribution >= 0.6 is 0 Å². The topological polar surface area (TPSA) is 83.7 Å². The summed E-state index contributed by atoms with van der Waals surface area (Å²) in [5.74, 6) is -0.145. The van der Waals surface area contributed by atoms with Gasteiger partial charge in [0.15, 0.2) is 0 Å². The molecule has 2 atom stereocenters. The molecule has 1 heterocycles. The van der Waals surface area contributed by atoms with Crippen molar-refractivity contribution >= 4 is 15.9 Å². The van der Waals surface area contributed by atoms with Gasteiger partial charge in [-0.25, -0.2) is 8.42 Å². The maximum absolute atomic E-state index is 12.2. The second-order valence-corrected chi connectivity index (χ2v) is 6.29. The van der Waals surface area contributed by atoms with Gasteiger partial charge in [-0.15, -0.1) is 0 Å². The second-order valence-electron chi connectivity index (χ2n) is 4.35. The minimum atomic E-state index is -3.37. The third-order valence-electron chi connectivity index (χ3n) is 3.07. The molecule has 7 heteroatoms. The number of hydrogen-bond acceptors (Lipinski definition) is 4. The van der Waals surface area contributed by atoms with Crippen molar-refractivity contribution in [1.82, 2.24) is 9.21 Å². The highest BCUT2D eigenvalue weighted by Gasteiger charge is 2.41. The highest BCUT2D eigenvalue weighted by molar-refractivity contribution is 7.88. The molecule has 0 aromatic carbocycles. The van der Waals surface area contributed by atoms with Gasteiger partial charge < -0.3 is 10.6 Å². The van der Waals surface area contributed by atoms with E-state index in [1.807, 2.05) is 13.8 Å². The molecule has 17 heavy (non-hydrogen) atoms. The lowest BCUT2D eigenvalue weighted by Crippen LogP contribution is -2.47. The summed E-state index contributed by atoms with van der Waals surface area (Å²) in [6, 6.07) is -0.880. The Morgan fingerprint density at radius 1 is 1.41 bits per heavy atom. The number of hydrogen-bond donors (Lipinski definition) is 1. The van der Waals surface area contributed by atoms with Crippen LogP contribution in [0.2, 0.25) is 0 Å². The molecular formula is C10H21N3O3S. The molecule has 1 rings (SSSR count). The van der Waals surface area contributed by atoms with E-state index in [4.69, 9.17) is 5.73 Å². The van der Waals surface area contributed by atoms with Crippen LogP contribution in [0, 0.1) is 0 Å². The van der Waals surface area contributed by atoms with Gasteiger partial charge in [0.2, 0.25) is 15.9 Å². The molecule has 0 bridgehead atoms. The Morgan fingerprint density at radius 2 is 1.94 bits per heavy atom. The monoisotopic (exact) mass is 263 g/mol. The fraction of sp³-hybridized carbons (Fsp3) is 0.900. The van der Waals surface area contributed by atoms with Crippen LogP contribution in [0.3, 0.4) is 0 Å². The molecule has 0 radical (unpaired) electrons. The number of likely N-dealkylation sites (N-methyl/N-ethyl adjacent to an activating group) is 1. The van der Waals surface area contributed by atoms with Crippen molar-refractivity contribution in [2.45, 2.75) is 32.4 Å². The molecule has 0 aromatic rings. The molecule has 0 spiro atoms. The summed E-state index contributed by atoms with van der Waals surface area (Å²) in [6.07, 6.45) is 1.52. The number of carbonyl (C=O) groups excluding carboxylic acids is 1. The maximum Gasteiger partial charge on any atom is 0.241 e. The minimum absolute atomic E-state index is 0.145. The van der Waals surface area contributed by atoms with Gasteiger partial charge in [-0.3, -0.25) is 4.79 Å². The Bertz CT molecular complexity index is 378. The summed E-state index contributed by atoms with van der Waals surface area (Å²) in [4.78, 5) is 13.8. The third kappa shape index (κ3) is 3.17. The van der Waals surface area contributed by atoms with Gasteiger partial charge in [0.1, 0.15) is 6.04 Å². The summed E-state index contributed by atoms with van der Waals surface area (Å²) in [7, 11) is -3.37. The van der Waals surface area contributed by atoms with Crippen LogP contribution in [-0.4, -0.2) is 61.5 Å². The Hall–Kier alpha value is -0.660. The average Bonchev–Trinajstić information content (AvgIpc) is 2.61. The highest BCUT2D eigenvalue weighted by Crippen LogP contribution is 2.21. The average molecular weight is 263 g/mol. The molecule has 1 aliphatic heterocycles. The van der Waals surface area contributed by atoms with Crippen LogP contribution in [-0.2, 0) is 14.8 Å². The van der Waals surface area contributed by atoms with Gasteiger partial charge in [-0.1, -0.05) is 0 Å². The first-order valence-corrected chi connectivity index (χ1v) is 7.67. The Morgan fingerprint density at radius 3 is 2.35 bits per heavy atom. The number of carbonyl (C=O) groups is 1. The van der Waals surface area contributed by atoms with Crippen LogP contribution in [0.1, 0.15) is 20.3 Å². The van der Waals surface area contributed by atoms with E-state index in [0.29, 0.717) is 19.5 Å². The third-order valence-corrected chi connectivity index (χ3v) is 4.33. The first-order valence-electron chi connectivity index (χ1n) is 5.82. The largest absolute Gasteiger partial charge is 0.342 e. The van der Waals surface area contributed by atoms with Crippen molar-refractivity contribution in [2.24, 2.45) is 5.73 Å².